The van der Waals surface area contributed by atoms with Crippen molar-refractivity contribution >= 4 is 29.2 Å². The van der Waals surface area contributed by atoms with Crippen molar-refractivity contribution < 1.29 is 29.3 Å². The summed E-state index contributed by atoms with van der Waals surface area (Å²) in [6, 6.07) is 11.1. The van der Waals surface area contributed by atoms with Gasteiger partial charge in [0.1, 0.15) is 12.4 Å². The van der Waals surface area contributed by atoms with E-state index in [4.69, 9.17) is 21.1 Å². The molecule has 2 aromatic carbocycles. The van der Waals surface area contributed by atoms with Gasteiger partial charge in [-0.3, -0.25) is 4.79 Å². The Morgan fingerprint density at radius 3 is 2.70 bits per heavy atom. The highest BCUT2D eigenvalue weighted by molar-refractivity contribution is 6.30. The van der Waals surface area contributed by atoms with Crippen molar-refractivity contribution in [2.24, 2.45) is 11.8 Å². The van der Waals surface area contributed by atoms with Crippen molar-refractivity contribution in [3.05, 3.63) is 70.3 Å². The summed E-state index contributed by atoms with van der Waals surface area (Å²) < 4.78 is 11.5. The van der Waals surface area contributed by atoms with Gasteiger partial charge in [0.15, 0.2) is 5.60 Å². The zero-order valence-electron chi connectivity index (χ0n) is 25.1. The van der Waals surface area contributed by atoms with Crippen LogP contribution in [0.25, 0.3) is 0 Å². The van der Waals surface area contributed by atoms with Crippen LogP contribution < -0.4 is 9.64 Å². The Bertz CT molecular complexity index is 1350. The summed E-state index contributed by atoms with van der Waals surface area (Å²) in [5, 5.41) is 23.6. The number of hydrogen-bond acceptors (Lipinski definition) is 7. The van der Waals surface area contributed by atoms with Gasteiger partial charge in [-0.15, -0.1) is 0 Å². The van der Waals surface area contributed by atoms with Crippen LogP contribution in [-0.4, -0.2) is 66.9 Å². The molecule has 2 aromatic rings. The summed E-state index contributed by atoms with van der Waals surface area (Å²) in [6.45, 7) is 2.23. The van der Waals surface area contributed by atoms with E-state index in [1.807, 2.05) is 30.4 Å². The van der Waals surface area contributed by atoms with E-state index in [0.717, 1.165) is 55.5 Å². The van der Waals surface area contributed by atoms with Crippen LogP contribution >= 0.6 is 11.6 Å². The molecule has 5 rings (SSSR count). The predicted molar refractivity (Wildman–Crippen MR) is 166 cm³/mol. The van der Waals surface area contributed by atoms with E-state index in [2.05, 4.69) is 4.90 Å². The fraction of sp³-hybridized carbons (Fsp3) is 0.529. The van der Waals surface area contributed by atoms with Gasteiger partial charge < -0.3 is 29.5 Å². The highest BCUT2D eigenvalue weighted by atomic mass is 35.5. The van der Waals surface area contributed by atoms with Gasteiger partial charge in [-0.25, -0.2) is 4.79 Å². The van der Waals surface area contributed by atoms with Gasteiger partial charge in [-0.05, 0) is 97.7 Å². The molecule has 1 fully saturated rings. The highest BCUT2D eigenvalue weighted by Gasteiger charge is 2.43. The van der Waals surface area contributed by atoms with E-state index in [1.165, 1.54) is 12.0 Å². The minimum Gasteiger partial charge on any atom is -0.487 e. The third kappa shape index (κ3) is 7.03. The average molecular weight is 611 g/mol. The van der Waals surface area contributed by atoms with Crippen LogP contribution in [0.4, 0.5) is 5.69 Å². The van der Waals surface area contributed by atoms with Crippen LogP contribution in [0.15, 0.2) is 48.6 Å². The van der Waals surface area contributed by atoms with E-state index in [9.17, 15) is 19.8 Å². The van der Waals surface area contributed by atoms with Crippen molar-refractivity contribution in [3.63, 3.8) is 0 Å². The number of amides is 1. The summed E-state index contributed by atoms with van der Waals surface area (Å²) >= 11 is 6.32. The first-order chi connectivity index (χ1) is 20.7. The number of halogens is 1. The first-order valence-corrected chi connectivity index (χ1v) is 15.8. The molecule has 1 aliphatic carbocycles. The van der Waals surface area contributed by atoms with Crippen LogP contribution in [0.2, 0.25) is 5.02 Å². The lowest BCUT2D eigenvalue weighted by Gasteiger charge is -2.42. The first-order valence-electron chi connectivity index (χ1n) is 15.4. The molecule has 1 saturated carbocycles. The van der Waals surface area contributed by atoms with Gasteiger partial charge in [-0.1, -0.05) is 35.9 Å². The van der Waals surface area contributed by atoms with Crippen LogP contribution in [-0.2, 0) is 33.0 Å². The smallest absolute Gasteiger partial charge is 0.343 e. The maximum atomic E-state index is 13.3. The number of rotatable bonds is 1. The van der Waals surface area contributed by atoms with Crippen molar-refractivity contribution in [1.29, 1.82) is 0 Å². The quantitative estimate of drug-likeness (QED) is 0.346. The Labute approximate surface area is 259 Å². The number of ether oxygens (including phenoxy) is 2. The van der Waals surface area contributed by atoms with Crippen LogP contribution in [0.1, 0.15) is 61.6 Å². The number of aryl methyl sites for hydroxylation is 1. The van der Waals surface area contributed by atoms with Crippen molar-refractivity contribution in [3.8, 4) is 5.75 Å². The number of methoxy groups -OCH3 is 1. The Morgan fingerprint density at radius 1 is 1.09 bits per heavy atom. The largest absolute Gasteiger partial charge is 0.487 e. The summed E-state index contributed by atoms with van der Waals surface area (Å²) in [5.74, 6) is -0.191. The van der Waals surface area contributed by atoms with Crippen LogP contribution in [0.5, 0.6) is 5.75 Å². The summed E-state index contributed by atoms with van der Waals surface area (Å²) in [6.07, 6.45) is 9.05. The highest BCUT2D eigenvalue weighted by Crippen LogP contribution is 2.42. The van der Waals surface area contributed by atoms with Gasteiger partial charge in [0, 0.05) is 31.7 Å². The number of aliphatic hydroxyl groups excluding tert-OH is 1. The molecule has 1 amide bonds. The SMILES string of the molecule is COC(=O)[C@]1(O)CC(=O)N(C)CCC/C=C/[C@H](O)[C@@H]2CC[C@H]2CN2CCCCc3cc(Cl)ccc3COc3ccc1cc32. The zero-order chi connectivity index (χ0) is 30.6. The summed E-state index contributed by atoms with van der Waals surface area (Å²) in [5.41, 5.74) is 1.09. The second kappa shape index (κ2) is 13.7. The number of esters is 1. The molecule has 0 saturated heterocycles. The number of carbonyl (C=O) groups excluding carboxylic acids is 2. The van der Waals surface area contributed by atoms with Gasteiger partial charge >= 0.3 is 5.97 Å². The lowest BCUT2D eigenvalue weighted by atomic mass is 9.70. The molecule has 0 aromatic heterocycles. The van der Waals surface area contributed by atoms with Crippen LogP contribution in [0, 0.1) is 11.8 Å². The molecule has 3 aliphatic rings. The van der Waals surface area contributed by atoms with Gasteiger partial charge in [-0.2, -0.15) is 0 Å². The fourth-order valence-electron chi connectivity index (χ4n) is 6.51. The number of carbonyl (C=O) groups is 2. The molecule has 0 radical (unpaired) electrons. The van der Waals surface area contributed by atoms with Crippen molar-refractivity contribution in [2.75, 3.05) is 38.7 Å². The first kappa shape index (κ1) is 31.4. The molecule has 232 valence electrons. The molecule has 9 heteroatoms. The topological polar surface area (TPSA) is 99.5 Å². The number of benzene rings is 2. The Morgan fingerprint density at radius 2 is 1.93 bits per heavy atom. The van der Waals surface area contributed by atoms with E-state index >= 15 is 0 Å². The van der Waals surface area contributed by atoms with E-state index in [0.29, 0.717) is 43.3 Å². The number of nitrogens with zero attached hydrogens (tertiary/aromatic N) is 2. The molecule has 2 N–H and O–H groups in total. The third-order valence-corrected chi connectivity index (χ3v) is 9.61. The second-order valence-corrected chi connectivity index (χ2v) is 12.6. The Balaban J connectivity index is 1.58. The summed E-state index contributed by atoms with van der Waals surface area (Å²) in [4.78, 5) is 30.2. The lowest BCUT2D eigenvalue weighted by molar-refractivity contribution is -0.168. The molecular weight excluding hydrogens is 568 g/mol. The Kier molecular flexibility index (Phi) is 9.99. The minimum atomic E-state index is -2.17. The molecule has 2 heterocycles. The van der Waals surface area contributed by atoms with E-state index in [-0.39, 0.29) is 23.3 Å². The average Bonchev–Trinajstić information content (AvgIpc) is 3.01. The second-order valence-electron chi connectivity index (χ2n) is 12.2. The molecule has 0 unspecified atom stereocenters. The monoisotopic (exact) mass is 610 g/mol. The van der Waals surface area contributed by atoms with Gasteiger partial charge in [0.25, 0.3) is 0 Å². The normalized spacial score (nSPS) is 27.7. The standard InChI is InChI=1S/C34H43ClN2O6/c1-36-16-6-3-4-9-30(38)28-14-11-24(28)21-37-17-7-5-8-23-18-27(35)13-10-25(23)22-43-31-15-12-26(19-29(31)37)34(41,20-32(36)39)33(40)42-2/h4,9-10,12-13,15,18-19,24,28,30,38,41H,3,5-8,11,14,16-17,20-22H2,1-2H3/b9-4+/t24-,28+,30-,34-/m0/s1. The lowest BCUT2D eigenvalue weighted by Crippen LogP contribution is -2.44. The zero-order valence-corrected chi connectivity index (χ0v) is 25.9. The number of anilines is 1. The van der Waals surface area contributed by atoms with Crippen molar-refractivity contribution in [2.45, 2.75) is 69.7 Å². The molecule has 2 aliphatic heterocycles. The number of fused-ring (bicyclic) bond motifs is 3. The molecule has 8 nitrogen and oxygen atoms in total. The van der Waals surface area contributed by atoms with E-state index < -0.39 is 24.1 Å². The third-order valence-electron chi connectivity index (χ3n) is 9.38. The molecule has 4 atom stereocenters. The number of aliphatic hydroxyl groups is 2. The van der Waals surface area contributed by atoms with Gasteiger partial charge in [0.05, 0.1) is 25.3 Å². The van der Waals surface area contributed by atoms with Crippen molar-refractivity contribution in [1.82, 2.24) is 4.90 Å². The fourth-order valence-corrected chi connectivity index (χ4v) is 6.71. The molecule has 0 spiro atoms. The molecular formula is C34H43ClN2O6. The molecule has 2 bridgehead atoms. The number of allylic oxidation sites excluding steroid dienone is 1. The van der Waals surface area contributed by atoms with Gasteiger partial charge in [0.2, 0.25) is 5.91 Å². The molecule has 43 heavy (non-hydrogen) atoms. The van der Waals surface area contributed by atoms with E-state index in [1.54, 1.807) is 25.2 Å². The van der Waals surface area contributed by atoms with Crippen LogP contribution in [0.3, 0.4) is 0 Å². The number of hydrogen-bond donors (Lipinski definition) is 2. The summed E-state index contributed by atoms with van der Waals surface area (Å²) in [7, 11) is 2.89. The maximum Gasteiger partial charge on any atom is 0.343 e. The maximum absolute atomic E-state index is 13.3. The minimum absolute atomic E-state index is 0.153. The predicted octanol–water partition coefficient (Wildman–Crippen LogP) is 5.01. The Hall–Kier alpha value is -3.07.